The maximum atomic E-state index is 14.8. The van der Waals surface area contributed by atoms with Gasteiger partial charge in [0.25, 0.3) is 10.0 Å². The van der Waals surface area contributed by atoms with Crippen molar-refractivity contribution in [2.45, 2.75) is 17.4 Å². The second-order valence-corrected chi connectivity index (χ2v) is 13.0. The van der Waals surface area contributed by atoms with E-state index in [0.717, 1.165) is 35.3 Å². The van der Waals surface area contributed by atoms with Gasteiger partial charge in [0, 0.05) is 67.0 Å². The molecule has 2 aliphatic rings. The van der Waals surface area contributed by atoms with Gasteiger partial charge in [-0.25, -0.2) is 8.42 Å². The summed E-state index contributed by atoms with van der Waals surface area (Å²) in [6, 6.07) is 28.4. The van der Waals surface area contributed by atoms with Crippen LogP contribution in [-0.2, 0) is 15.6 Å². The van der Waals surface area contributed by atoms with Crippen LogP contribution >= 0.6 is 0 Å². The van der Waals surface area contributed by atoms with E-state index in [2.05, 4.69) is 25.8 Å². The summed E-state index contributed by atoms with van der Waals surface area (Å²) in [6.45, 7) is 5.29. The molecule has 3 aromatic carbocycles. The minimum Gasteiger partial charge on any atom is -0.494 e. The quantitative estimate of drug-likeness (QED) is 0.247. The van der Waals surface area contributed by atoms with Gasteiger partial charge in [0.1, 0.15) is 10.6 Å². The number of piperazine rings is 1. The number of ether oxygens (including phenoxy) is 1. The van der Waals surface area contributed by atoms with Gasteiger partial charge in [-0.15, -0.1) is 0 Å². The van der Waals surface area contributed by atoms with Crippen LogP contribution in [0.1, 0.15) is 23.6 Å². The predicted molar refractivity (Wildman–Crippen MR) is 174 cm³/mol. The molecule has 0 radical (unpaired) electrons. The number of anilines is 2. The van der Waals surface area contributed by atoms with Crippen molar-refractivity contribution in [1.29, 1.82) is 5.26 Å². The Kier molecular flexibility index (Phi) is 7.36. The highest BCUT2D eigenvalue weighted by Crippen LogP contribution is 2.52. The zero-order chi connectivity index (χ0) is 31.0. The maximum absolute atomic E-state index is 14.8. The second-order valence-electron chi connectivity index (χ2n) is 11.2. The Hall–Kier alpha value is -4.98. The smallest absolute Gasteiger partial charge is 0.266 e. The van der Waals surface area contributed by atoms with Gasteiger partial charge in [0.2, 0.25) is 0 Å². The molecule has 0 N–H and O–H groups in total. The van der Waals surface area contributed by atoms with Gasteiger partial charge in [-0.2, -0.15) is 5.26 Å². The van der Waals surface area contributed by atoms with Crippen molar-refractivity contribution in [3.8, 4) is 11.8 Å². The van der Waals surface area contributed by atoms with E-state index in [9.17, 15) is 13.7 Å². The second kappa shape index (κ2) is 11.5. The Morgan fingerprint density at radius 1 is 0.889 bits per heavy atom. The summed E-state index contributed by atoms with van der Waals surface area (Å²) < 4.78 is 37.3. The molecule has 10 heteroatoms. The van der Waals surface area contributed by atoms with Crippen LogP contribution < -0.4 is 13.9 Å². The highest BCUT2D eigenvalue weighted by molar-refractivity contribution is 7.93. The van der Waals surface area contributed by atoms with Crippen LogP contribution in [0.15, 0.2) is 108 Å². The summed E-state index contributed by atoms with van der Waals surface area (Å²) in [5.74, 6) is 0.691. The number of pyridine rings is 2. The topological polar surface area (TPSA) is 103 Å². The number of rotatable bonds is 7. The number of nitrogens with zero attached hydrogens (tertiary/aromatic N) is 6. The van der Waals surface area contributed by atoms with Crippen molar-refractivity contribution in [2.75, 3.05) is 48.5 Å². The van der Waals surface area contributed by atoms with Crippen LogP contribution in [0.3, 0.4) is 0 Å². The molecule has 9 nitrogen and oxygen atoms in total. The molecule has 1 unspecified atom stereocenters. The molecule has 4 heterocycles. The van der Waals surface area contributed by atoms with Crippen molar-refractivity contribution in [2.24, 2.45) is 0 Å². The van der Waals surface area contributed by atoms with Crippen molar-refractivity contribution >= 4 is 32.3 Å². The molecule has 0 saturated carbocycles. The first-order valence-corrected chi connectivity index (χ1v) is 16.4. The number of sulfonamides is 1. The Morgan fingerprint density at radius 2 is 1.67 bits per heavy atom. The fourth-order valence-electron chi connectivity index (χ4n) is 6.81. The average molecular weight is 617 g/mol. The van der Waals surface area contributed by atoms with E-state index in [4.69, 9.17) is 4.74 Å². The molecule has 0 aliphatic carbocycles. The monoisotopic (exact) mass is 616 g/mol. The summed E-state index contributed by atoms with van der Waals surface area (Å²) in [6.07, 6.45) is 5.20. The van der Waals surface area contributed by atoms with Crippen molar-refractivity contribution in [3.05, 3.63) is 120 Å². The van der Waals surface area contributed by atoms with E-state index in [1.165, 1.54) is 4.31 Å². The zero-order valence-corrected chi connectivity index (χ0v) is 25.7. The molecule has 1 saturated heterocycles. The number of hydrogen-bond donors (Lipinski definition) is 0. The molecule has 226 valence electrons. The highest BCUT2D eigenvalue weighted by atomic mass is 32.2. The van der Waals surface area contributed by atoms with E-state index in [1.807, 2.05) is 61.5 Å². The summed E-state index contributed by atoms with van der Waals surface area (Å²) in [7, 11) is -4.09. The lowest BCUT2D eigenvalue weighted by Gasteiger charge is -2.47. The third kappa shape index (κ3) is 4.76. The number of benzene rings is 3. The highest BCUT2D eigenvalue weighted by Gasteiger charge is 2.53. The Morgan fingerprint density at radius 3 is 2.44 bits per heavy atom. The summed E-state index contributed by atoms with van der Waals surface area (Å²) in [5, 5.41) is 10.7. The lowest BCUT2D eigenvalue weighted by Crippen LogP contribution is -2.58. The van der Waals surface area contributed by atoms with Crippen molar-refractivity contribution in [3.63, 3.8) is 0 Å². The van der Waals surface area contributed by atoms with Crippen molar-refractivity contribution < 1.29 is 13.2 Å². The van der Waals surface area contributed by atoms with Gasteiger partial charge in [0.15, 0.2) is 0 Å². The van der Waals surface area contributed by atoms with Crippen molar-refractivity contribution in [1.82, 2.24) is 14.9 Å². The van der Waals surface area contributed by atoms with Gasteiger partial charge in [0.05, 0.1) is 41.5 Å². The minimum absolute atomic E-state index is 0.113. The normalized spacial score (nSPS) is 18.5. The van der Waals surface area contributed by atoms with E-state index < -0.39 is 15.6 Å². The van der Waals surface area contributed by atoms with Gasteiger partial charge < -0.3 is 9.64 Å². The molecule has 1 fully saturated rings. The molecule has 0 bridgehead atoms. The van der Waals surface area contributed by atoms with Crippen LogP contribution in [-0.4, -0.2) is 62.6 Å². The molecule has 0 spiro atoms. The van der Waals surface area contributed by atoms with Crippen LogP contribution in [0.4, 0.5) is 11.4 Å². The molecule has 2 aliphatic heterocycles. The van der Waals surface area contributed by atoms with E-state index in [0.29, 0.717) is 42.2 Å². The fourth-order valence-corrected chi connectivity index (χ4v) is 8.49. The summed E-state index contributed by atoms with van der Waals surface area (Å²) >= 11 is 0. The lowest BCUT2D eigenvalue weighted by molar-refractivity contribution is 0.124. The largest absolute Gasteiger partial charge is 0.494 e. The number of para-hydroxylation sites is 2. The SMILES string of the molecule is CCOc1ccccc1C1(N2CCN(c3ccncc3)CC2)CN(S(=O)(=O)c2cccc3cccnc23)c2ccc(C#N)cc21. The van der Waals surface area contributed by atoms with E-state index >= 15 is 0 Å². The third-order valence-corrected chi connectivity index (χ3v) is 10.6. The zero-order valence-electron chi connectivity index (χ0n) is 24.9. The molecule has 45 heavy (non-hydrogen) atoms. The molecule has 1 atom stereocenters. The van der Waals surface area contributed by atoms with Crippen LogP contribution in [0, 0.1) is 11.3 Å². The van der Waals surface area contributed by atoms with Gasteiger partial charge >= 0.3 is 0 Å². The first-order chi connectivity index (χ1) is 22.0. The predicted octanol–water partition coefficient (Wildman–Crippen LogP) is 5.17. The minimum atomic E-state index is -4.09. The van der Waals surface area contributed by atoms with Gasteiger partial charge in [-0.1, -0.05) is 36.4 Å². The Bertz CT molecular complexity index is 2020. The van der Waals surface area contributed by atoms with Crippen LogP contribution in [0.2, 0.25) is 0 Å². The van der Waals surface area contributed by atoms with Gasteiger partial charge in [-0.3, -0.25) is 19.2 Å². The number of aromatic nitrogens is 2. The molecular weight excluding hydrogens is 584 g/mol. The van der Waals surface area contributed by atoms with E-state index in [-0.39, 0.29) is 11.4 Å². The summed E-state index contributed by atoms with van der Waals surface area (Å²) in [5.41, 5.74) is 3.24. The molecular formula is C35H32N6O3S. The lowest BCUT2D eigenvalue weighted by atomic mass is 9.81. The van der Waals surface area contributed by atoms with Crippen LogP contribution in [0.5, 0.6) is 5.75 Å². The standard InChI is InChI=1S/C35H32N6O3S/c1-2-44-32-10-4-3-9-29(32)35(40-21-19-39(20-22-40)28-14-17-37-18-15-28)25-41(31-13-12-26(24-36)23-30(31)35)45(42,43)33-11-5-7-27-8-6-16-38-34(27)33/h3-18,23H,2,19-22,25H2,1H3. The van der Waals surface area contributed by atoms with Gasteiger partial charge in [-0.05, 0) is 55.5 Å². The molecule has 2 aromatic heterocycles. The molecule has 0 amide bonds. The maximum Gasteiger partial charge on any atom is 0.266 e. The van der Waals surface area contributed by atoms with E-state index in [1.54, 1.807) is 48.9 Å². The third-order valence-electron chi connectivity index (χ3n) is 8.86. The first kappa shape index (κ1) is 28.8. The molecule has 7 rings (SSSR count). The Balaban J connectivity index is 1.42. The molecule has 5 aromatic rings. The Labute approximate surface area is 263 Å². The number of fused-ring (bicyclic) bond motifs is 2. The van der Waals surface area contributed by atoms with Crippen LogP contribution in [0.25, 0.3) is 10.9 Å². The number of hydrogen-bond acceptors (Lipinski definition) is 8. The fraction of sp³-hybridized carbons (Fsp3) is 0.229. The summed E-state index contributed by atoms with van der Waals surface area (Å²) in [4.78, 5) is 13.5. The average Bonchev–Trinajstić information content (AvgIpc) is 3.45. The number of nitriles is 1. The first-order valence-electron chi connectivity index (χ1n) is 15.0.